The Bertz CT molecular complexity index is 359. The van der Waals surface area contributed by atoms with Crippen molar-refractivity contribution in [3.05, 3.63) is 32.8 Å². The number of ketones is 1. The van der Waals surface area contributed by atoms with Gasteiger partial charge in [0, 0.05) is 10.6 Å². The number of carbonyl (C=O) groups is 1. The Kier molecular flexibility index (Phi) is 3.82. The summed E-state index contributed by atoms with van der Waals surface area (Å²) in [4.78, 5) is 11.5. The van der Waals surface area contributed by atoms with Crippen LogP contribution in [0, 0.1) is 13.8 Å². The highest BCUT2D eigenvalue weighted by Gasteiger charge is 2.16. The molecule has 0 aliphatic carbocycles. The van der Waals surface area contributed by atoms with Crippen LogP contribution < -0.4 is 0 Å². The molecule has 1 nitrogen and oxygen atoms in total. The van der Waals surface area contributed by atoms with Crippen molar-refractivity contribution in [2.45, 2.75) is 13.8 Å². The van der Waals surface area contributed by atoms with Crippen LogP contribution in [0.2, 0.25) is 10.0 Å². The first-order chi connectivity index (χ1) is 6.49. The number of Topliss-reactive ketones (excluding diaryl/α,β-unsaturated/α-hetero) is 1. The van der Waals surface area contributed by atoms with Crippen LogP contribution in [-0.2, 0) is 0 Å². The molecule has 4 heteroatoms. The molecule has 0 atom stereocenters. The third kappa shape index (κ3) is 2.05. The summed E-state index contributed by atoms with van der Waals surface area (Å²) >= 11 is 17.4. The van der Waals surface area contributed by atoms with Gasteiger partial charge in [0.25, 0.3) is 0 Å². The van der Waals surface area contributed by atoms with Gasteiger partial charge in [-0.2, -0.15) is 0 Å². The molecule has 0 saturated carbocycles. The van der Waals surface area contributed by atoms with Crippen LogP contribution in [0.15, 0.2) is 6.07 Å². The Labute approximate surface area is 98.0 Å². The number of carbonyl (C=O) groups excluding carboxylic acids is 1. The standard InChI is InChI=1S/C10H9Cl3O/c1-5-3-7(12)6(2)9(10(5)13)8(14)4-11/h3H,4H2,1-2H3. The maximum atomic E-state index is 11.5. The Morgan fingerprint density at radius 1 is 1.36 bits per heavy atom. The first-order valence-electron chi connectivity index (χ1n) is 4.03. The molecule has 0 radical (unpaired) electrons. The minimum Gasteiger partial charge on any atom is -0.293 e. The third-order valence-electron chi connectivity index (χ3n) is 2.04. The average Bonchev–Trinajstić information content (AvgIpc) is 2.15. The number of benzene rings is 1. The smallest absolute Gasteiger partial charge is 0.179 e. The lowest BCUT2D eigenvalue weighted by molar-refractivity contribution is 0.102. The molecule has 1 rings (SSSR count). The van der Waals surface area contributed by atoms with Crippen molar-refractivity contribution in [3.8, 4) is 0 Å². The number of halogens is 3. The zero-order chi connectivity index (χ0) is 10.9. The molecule has 0 unspecified atom stereocenters. The van der Waals surface area contributed by atoms with Crippen molar-refractivity contribution in [3.63, 3.8) is 0 Å². The lowest BCUT2D eigenvalue weighted by atomic mass is 10.0. The van der Waals surface area contributed by atoms with E-state index in [1.165, 1.54) is 0 Å². The van der Waals surface area contributed by atoms with Gasteiger partial charge in [0.15, 0.2) is 5.78 Å². The molecule has 0 amide bonds. The van der Waals surface area contributed by atoms with Crippen molar-refractivity contribution in [1.82, 2.24) is 0 Å². The minimum absolute atomic E-state index is 0.0830. The first kappa shape index (κ1) is 11.8. The summed E-state index contributed by atoms with van der Waals surface area (Å²) in [7, 11) is 0. The second-order valence-corrected chi connectivity index (χ2v) is 4.10. The van der Waals surface area contributed by atoms with Gasteiger partial charge >= 0.3 is 0 Å². The molecule has 0 N–H and O–H groups in total. The fourth-order valence-corrected chi connectivity index (χ4v) is 1.93. The van der Waals surface area contributed by atoms with E-state index in [9.17, 15) is 4.79 Å². The molecule has 1 aromatic rings. The highest BCUT2D eigenvalue weighted by Crippen LogP contribution is 2.30. The summed E-state index contributed by atoms with van der Waals surface area (Å²) in [5, 5.41) is 0.984. The van der Waals surface area contributed by atoms with E-state index in [0.717, 1.165) is 5.56 Å². The van der Waals surface area contributed by atoms with E-state index in [2.05, 4.69) is 0 Å². The van der Waals surface area contributed by atoms with Crippen LogP contribution in [-0.4, -0.2) is 11.7 Å². The summed E-state index contributed by atoms with van der Waals surface area (Å²) in [5.74, 6) is -0.278. The van der Waals surface area contributed by atoms with Crippen LogP contribution in [0.4, 0.5) is 0 Å². The molecule has 0 fully saturated rings. The topological polar surface area (TPSA) is 17.1 Å². The van der Waals surface area contributed by atoms with Gasteiger partial charge in [0.05, 0.1) is 10.9 Å². The number of hydrogen-bond acceptors (Lipinski definition) is 1. The van der Waals surface area contributed by atoms with Gasteiger partial charge in [-0.3, -0.25) is 4.79 Å². The van der Waals surface area contributed by atoms with Crippen molar-refractivity contribution in [2.75, 3.05) is 5.88 Å². The van der Waals surface area contributed by atoms with E-state index in [1.807, 2.05) is 0 Å². The van der Waals surface area contributed by atoms with E-state index in [-0.39, 0.29) is 11.7 Å². The number of alkyl halides is 1. The molecule has 76 valence electrons. The highest BCUT2D eigenvalue weighted by molar-refractivity contribution is 6.39. The van der Waals surface area contributed by atoms with Crippen LogP contribution >= 0.6 is 34.8 Å². The van der Waals surface area contributed by atoms with Gasteiger partial charge in [0.2, 0.25) is 0 Å². The summed E-state index contributed by atoms with van der Waals surface area (Å²) < 4.78 is 0. The molecule has 0 saturated heterocycles. The van der Waals surface area contributed by atoms with Crippen LogP contribution in [0.1, 0.15) is 21.5 Å². The molecule has 0 aliphatic rings. The molecule has 0 spiro atoms. The van der Waals surface area contributed by atoms with E-state index in [1.54, 1.807) is 19.9 Å². The zero-order valence-corrected chi connectivity index (χ0v) is 10.1. The predicted molar refractivity (Wildman–Crippen MR) is 61.0 cm³/mol. The number of rotatable bonds is 2. The van der Waals surface area contributed by atoms with Crippen molar-refractivity contribution >= 4 is 40.6 Å². The fourth-order valence-electron chi connectivity index (χ4n) is 1.24. The Balaban J connectivity index is 3.47. The zero-order valence-electron chi connectivity index (χ0n) is 7.83. The SMILES string of the molecule is Cc1cc(Cl)c(C)c(C(=O)CCl)c1Cl. The van der Waals surface area contributed by atoms with E-state index in [0.29, 0.717) is 21.2 Å². The normalized spacial score (nSPS) is 10.4. The largest absolute Gasteiger partial charge is 0.293 e. The molecule has 1 aromatic carbocycles. The van der Waals surface area contributed by atoms with E-state index < -0.39 is 0 Å². The van der Waals surface area contributed by atoms with Crippen LogP contribution in [0.5, 0.6) is 0 Å². The van der Waals surface area contributed by atoms with E-state index >= 15 is 0 Å². The number of aryl methyl sites for hydroxylation is 1. The maximum absolute atomic E-state index is 11.5. The first-order valence-corrected chi connectivity index (χ1v) is 5.32. The molecular weight excluding hydrogens is 242 g/mol. The van der Waals surface area contributed by atoms with Crippen molar-refractivity contribution < 1.29 is 4.79 Å². The Morgan fingerprint density at radius 2 is 1.93 bits per heavy atom. The second-order valence-electron chi connectivity index (χ2n) is 3.05. The number of hydrogen-bond donors (Lipinski definition) is 0. The second kappa shape index (κ2) is 4.52. The Morgan fingerprint density at radius 3 is 2.43 bits per heavy atom. The monoisotopic (exact) mass is 250 g/mol. The summed E-state index contributed by atoms with van der Waals surface area (Å²) in [5.41, 5.74) is 1.91. The quantitative estimate of drug-likeness (QED) is 0.573. The third-order valence-corrected chi connectivity index (χ3v) is 3.16. The minimum atomic E-state index is -0.195. The van der Waals surface area contributed by atoms with E-state index in [4.69, 9.17) is 34.8 Å². The van der Waals surface area contributed by atoms with Gasteiger partial charge in [-0.25, -0.2) is 0 Å². The van der Waals surface area contributed by atoms with Gasteiger partial charge in [-0.05, 0) is 31.0 Å². The molecule has 0 heterocycles. The van der Waals surface area contributed by atoms with Gasteiger partial charge < -0.3 is 0 Å². The van der Waals surface area contributed by atoms with Gasteiger partial charge in [0.1, 0.15) is 0 Å². The predicted octanol–water partition coefficient (Wildman–Crippen LogP) is 4.03. The molecule has 0 bridgehead atoms. The van der Waals surface area contributed by atoms with Gasteiger partial charge in [-0.1, -0.05) is 23.2 Å². The highest BCUT2D eigenvalue weighted by atomic mass is 35.5. The lowest BCUT2D eigenvalue weighted by Gasteiger charge is -2.10. The molecule has 0 aliphatic heterocycles. The summed E-state index contributed by atoms with van der Waals surface area (Å²) in [6, 6.07) is 1.74. The fraction of sp³-hybridized carbons (Fsp3) is 0.300. The van der Waals surface area contributed by atoms with Gasteiger partial charge in [-0.15, -0.1) is 11.6 Å². The molecular formula is C10H9Cl3O. The average molecular weight is 252 g/mol. The molecule has 14 heavy (non-hydrogen) atoms. The van der Waals surface area contributed by atoms with Crippen LogP contribution in [0.25, 0.3) is 0 Å². The van der Waals surface area contributed by atoms with Crippen molar-refractivity contribution in [1.29, 1.82) is 0 Å². The lowest BCUT2D eigenvalue weighted by Crippen LogP contribution is -2.05. The Hall–Kier alpha value is -0.240. The summed E-state index contributed by atoms with van der Waals surface area (Å²) in [6.07, 6.45) is 0. The van der Waals surface area contributed by atoms with Crippen molar-refractivity contribution in [2.24, 2.45) is 0 Å². The maximum Gasteiger partial charge on any atom is 0.179 e. The summed E-state index contributed by atoms with van der Waals surface area (Å²) in [6.45, 7) is 3.56. The molecule has 0 aromatic heterocycles. The van der Waals surface area contributed by atoms with Crippen LogP contribution in [0.3, 0.4) is 0 Å².